The number of nitrogens with zero attached hydrogens (tertiary/aromatic N) is 1. The van der Waals surface area contributed by atoms with Gasteiger partial charge in [0.2, 0.25) is 0 Å². The number of carbonyl (C=O) groups is 1. The summed E-state index contributed by atoms with van der Waals surface area (Å²) in [5, 5.41) is 9.75. The summed E-state index contributed by atoms with van der Waals surface area (Å²) in [6, 6.07) is 5.11. The van der Waals surface area contributed by atoms with Crippen molar-refractivity contribution in [3.63, 3.8) is 0 Å². The van der Waals surface area contributed by atoms with Crippen LogP contribution < -0.4 is 4.74 Å². The summed E-state index contributed by atoms with van der Waals surface area (Å²) >= 11 is 1.93. The Labute approximate surface area is 272 Å². The number of piperidine rings is 1. The summed E-state index contributed by atoms with van der Waals surface area (Å²) in [6.45, 7) is 2.61. The fraction of sp³-hybridized carbons (Fsp3) is 0.500. The average Bonchev–Trinajstić information content (AvgIpc) is 2.98. The van der Waals surface area contributed by atoms with Crippen LogP contribution in [0, 0.1) is 9.49 Å². The molecule has 2 aromatic rings. The molecular weight excluding hydrogens is 765 g/mol. The Morgan fingerprint density at radius 1 is 0.978 bits per heavy atom. The largest absolute Gasteiger partial charge is 0.513 e. The van der Waals surface area contributed by atoms with Crippen molar-refractivity contribution >= 4 is 38.3 Å². The molecule has 2 heterocycles. The first kappa shape index (κ1) is 34.7. The zero-order valence-corrected chi connectivity index (χ0v) is 26.9. The first-order valence-electron chi connectivity index (χ1n) is 14.2. The molecule has 252 valence electrons. The van der Waals surface area contributed by atoms with E-state index in [1.54, 1.807) is 0 Å². The number of aliphatic hydroxyl groups is 1. The topological polar surface area (TPSA) is 83.9 Å². The van der Waals surface area contributed by atoms with E-state index in [0.29, 0.717) is 9.64 Å². The first-order valence-corrected chi connectivity index (χ1v) is 16.7. The Morgan fingerprint density at radius 2 is 1.57 bits per heavy atom. The zero-order valence-electron chi connectivity index (χ0n) is 23.9. The van der Waals surface area contributed by atoms with Crippen molar-refractivity contribution in [1.29, 1.82) is 0 Å². The van der Waals surface area contributed by atoms with Crippen molar-refractivity contribution in [3.05, 3.63) is 69.5 Å². The summed E-state index contributed by atoms with van der Waals surface area (Å²) in [7, 11) is -4.64. The number of alkyl halides is 8. The van der Waals surface area contributed by atoms with Gasteiger partial charge in [-0.15, -0.1) is 0 Å². The Hall–Kier alpha value is -2.63. The van der Waals surface area contributed by atoms with E-state index in [9.17, 15) is 44.7 Å². The molecule has 2 aliphatic heterocycles. The van der Waals surface area contributed by atoms with Crippen LogP contribution in [0.25, 0.3) is 0 Å². The van der Waals surface area contributed by atoms with Gasteiger partial charge in [0, 0.05) is 27.2 Å². The molecule has 46 heavy (non-hydrogen) atoms. The molecule has 1 saturated carbocycles. The second kappa shape index (κ2) is 11.5. The van der Waals surface area contributed by atoms with Crippen LogP contribution in [-0.2, 0) is 25.0 Å². The third kappa shape index (κ3) is 5.25. The van der Waals surface area contributed by atoms with Crippen molar-refractivity contribution in [2.75, 3.05) is 13.2 Å². The van der Waals surface area contributed by atoms with Crippen LogP contribution in [0.2, 0.25) is 0 Å². The molecule has 1 saturated heterocycles. The van der Waals surface area contributed by atoms with Crippen LogP contribution >= 0.6 is 22.6 Å². The number of aliphatic hydroxyl groups excluding tert-OH is 1. The van der Waals surface area contributed by atoms with Gasteiger partial charge >= 0.3 is 18.0 Å². The number of carbonyl (C=O) groups excluding carboxylic acids is 1. The molecule has 1 amide bonds. The van der Waals surface area contributed by atoms with Gasteiger partial charge < -0.3 is 14.7 Å². The second-order valence-corrected chi connectivity index (χ2v) is 15.3. The fourth-order valence-corrected chi connectivity index (χ4v) is 9.59. The smallest absolute Gasteiger partial charge is 0.435 e. The van der Waals surface area contributed by atoms with Crippen molar-refractivity contribution in [2.24, 2.45) is 5.92 Å². The highest BCUT2D eigenvalue weighted by molar-refractivity contribution is 14.1. The maximum atomic E-state index is 16.3. The van der Waals surface area contributed by atoms with Crippen LogP contribution in [0.3, 0.4) is 0 Å². The van der Waals surface area contributed by atoms with Crippen LogP contribution in [0.4, 0.5) is 35.1 Å². The number of halogens is 9. The number of hydrogen-bond donors (Lipinski definition) is 1. The lowest BCUT2D eigenvalue weighted by atomic mass is 9.76. The quantitative estimate of drug-likeness (QED) is 0.192. The zero-order chi connectivity index (χ0) is 34.1. The monoisotopic (exact) mass is 793 g/mol. The van der Waals surface area contributed by atoms with Gasteiger partial charge in [0.05, 0.1) is 16.7 Å². The number of hydrogen-bond acceptors (Lipinski definition) is 5. The Morgan fingerprint density at radius 3 is 2.11 bits per heavy atom. The normalized spacial score (nSPS) is 27.3. The standard InChI is InChI=1S/C30H28F8INO5S/c1-17(41)18-9-12-26(31,13-10-18)25(42)40-14-2-11-27(46(43,44)21-6-4-20(39)5-7-21)22-8-3-19(15-23(22)45-16-24(27)40)28(32,29(33,34)35)30(36,37)38/h3-8,15,18,24,41H,1-2,9-14,16H2. The van der Waals surface area contributed by atoms with E-state index < -0.39 is 74.1 Å². The summed E-state index contributed by atoms with van der Waals surface area (Å²) in [6.07, 6.45) is -13.6. The minimum Gasteiger partial charge on any atom is -0.513 e. The summed E-state index contributed by atoms with van der Waals surface area (Å²) in [5.41, 5.74) is -10.5. The number of allylic oxidation sites excluding steroid dienone is 1. The summed E-state index contributed by atoms with van der Waals surface area (Å²) < 4.78 is 146. The van der Waals surface area contributed by atoms with Gasteiger partial charge in [-0.05, 0) is 91.4 Å². The molecule has 2 fully saturated rings. The SMILES string of the molecule is C=C(O)C1CCC(F)(C(=O)N2CCCC3(S(=O)(=O)c4ccc(I)cc4)c4ccc(C(F)(C(F)(F)F)C(F)(F)F)cc4OCC23)CC1. The minimum atomic E-state index is -6.42. The van der Waals surface area contributed by atoms with E-state index in [2.05, 4.69) is 6.58 Å². The molecule has 0 spiro atoms. The van der Waals surface area contributed by atoms with E-state index in [4.69, 9.17) is 4.74 Å². The molecule has 1 aliphatic carbocycles. The molecule has 6 nitrogen and oxygen atoms in total. The molecule has 0 aromatic heterocycles. The number of amides is 1. The van der Waals surface area contributed by atoms with Gasteiger partial charge in [-0.1, -0.05) is 18.7 Å². The van der Waals surface area contributed by atoms with E-state index in [-0.39, 0.29) is 73.4 Å². The molecular formula is C30H28F8INO5S. The van der Waals surface area contributed by atoms with Crippen molar-refractivity contribution in [1.82, 2.24) is 4.90 Å². The highest BCUT2D eigenvalue weighted by Crippen LogP contribution is 2.57. The van der Waals surface area contributed by atoms with Crippen molar-refractivity contribution in [2.45, 2.75) is 77.9 Å². The van der Waals surface area contributed by atoms with Crippen LogP contribution in [0.1, 0.15) is 49.7 Å². The summed E-state index contributed by atoms with van der Waals surface area (Å²) in [5.74, 6) is -2.36. The summed E-state index contributed by atoms with van der Waals surface area (Å²) in [4.78, 5) is 14.7. The van der Waals surface area contributed by atoms with E-state index >= 15 is 8.78 Å². The lowest BCUT2D eigenvalue weighted by molar-refractivity contribution is -0.348. The number of rotatable bonds is 5. The van der Waals surface area contributed by atoms with E-state index in [1.165, 1.54) is 24.3 Å². The third-order valence-corrected chi connectivity index (χ3v) is 12.6. The van der Waals surface area contributed by atoms with Gasteiger partial charge in [0.25, 0.3) is 5.91 Å². The van der Waals surface area contributed by atoms with Gasteiger partial charge in [-0.25, -0.2) is 17.2 Å². The maximum Gasteiger partial charge on any atom is 0.435 e. The molecule has 3 aliphatic rings. The number of benzene rings is 2. The number of sulfone groups is 1. The van der Waals surface area contributed by atoms with Gasteiger partial charge in [0.15, 0.2) is 15.5 Å². The Kier molecular flexibility index (Phi) is 8.68. The van der Waals surface area contributed by atoms with Crippen LogP contribution in [0.15, 0.2) is 59.7 Å². The number of fused-ring (bicyclic) bond motifs is 3. The molecule has 2 unspecified atom stereocenters. The molecule has 16 heteroatoms. The molecule has 0 radical (unpaired) electrons. The molecule has 1 N–H and O–H groups in total. The van der Waals surface area contributed by atoms with E-state index in [1.807, 2.05) is 22.6 Å². The van der Waals surface area contributed by atoms with E-state index in [0.717, 1.165) is 4.90 Å². The number of likely N-dealkylation sites (tertiary alicyclic amines) is 1. The van der Waals surface area contributed by atoms with Gasteiger partial charge in [-0.2, -0.15) is 26.3 Å². The number of ether oxygens (including phenoxy) is 1. The molecule has 2 atom stereocenters. The predicted octanol–water partition coefficient (Wildman–Crippen LogP) is 7.60. The lowest BCUT2D eigenvalue weighted by Gasteiger charge is -2.53. The molecule has 2 aromatic carbocycles. The van der Waals surface area contributed by atoms with Crippen LogP contribution in [-0.4, -0.2) is 61.5 Å². The molecule has 0 bridgehead atoms. The Balaban J connectivity index is 1.67. The third-order valence-electron chi connectivity index (χ3n) is 9.37. The van der Waals surface area contributed by atoms with Gasteiger partial charge in [0.1, 0.15) is 17.1 Å². The highest BCUT2D eigenvalue weighted by atomic mass is 127. The highest BCUT2D eigenvalue weighted by Gasteiger charge is 2.74. The molecule has 5 rings (SSSR count). The maximum absolute atomic E-state index is 16.3. The Bertz CT molecular complexity index is 1620. The minimum absolute atomic E-state index is 0.0304. The van der Waals surface area contributed by atoms with Crippen molar-refractivity contribution < 1.29 is 58.2 Å². The fourth-order valence-electron chi connectivity index (χ4n) is 6.89. The second-order valence-electron chi connectivity index (χ2n) is 11.9. The van der Waals surface area contributed by atoms with Gasteiger partial charge in [-0.3, -0.25) is 4.79 Å². The predicted molar refractivity (Wildman–Crippen MR) is 157 cm³/mol. The first-order chi connectivity index (χ1) is 21.2. The van der Waals surface area contributed by atoms with Crippen LogP contribution in [0.5, 0.6) is 5.75 Å². The average molecular weight is 794 g/mol. The lowest BCUT2D eigenvalue weighted by Crippen LogP contribution is -2.66. The van der Waals surface area contributed by atoms with Crippen molar-refractivity contribution in [3.8, 4) is 5.75 Å².